The molecule has 0 atom stereocenters. The Kier molecular flexibility index (Phi) is 6.09. The molecular weight excluding hydrogens is 483 g/mol. The number of hydrogen-bond donors (Lipinski definition) is 2. The fraction of sp³-hybridized carbons (Fsp3) is 0.214. The molecule has 0 unspecified atom stereocenters. The summed E-state index contributed by atoms with van der Waals surface area (Å²) in [5.41, 5.74) is 4.49. The second kappa shape index (κ2) is 9.86. The number of nitriles is 1. The maximum atomic E-state index is 14.5. The first-order valence-electron chi connectivity index (χ1n) is 12.4. The highest BCUT2D eigenvalue weighted by Crippen LogP contribution is 2.33. The third kappa shape index (κ3) is 4.62. The molecule has 0 radical (unpaired) electrons. The van der Waals surface area contributed by atoms with E-state index < -0.39 is 11.7 Å². The van der Waals surface area contributed by atoms with Crippen LogP contribution in [0.15, 0.2) is 61.2 Å². The zero-order valence-electron chi connectivity index (χ0n) is 20.4. The molecule has 2 aromatic carbocycles. The monoisotopic (exact) mass is 506 g/mol. The molecular formula is C28H23FN8O. The lowest BCUT2D eigenvalue weighted by Gasteiger charge is -2.08. The van der Waals surface area contributed by atoms with Crippen LogP contribution in [0, 0.1) is 17.1 Å². The number of rotatable bonds is 6. The first kappa shape index (κ1) is 23.5. The van der Waals surface area contributed by atoms with Gasteiger partial charge >= 0.3 is 0 Å². The third-order valence-electron chi connectivity index (χ3n) is 6.85. The number of nitrogens with zero attached hydrogens (tertiary/aromatic N) is 6. The van der Waals surface area contributed by atoms with Crippen LogP contribution in [0.25, 0.3) is 28.0 Å². The average Bonchev–Trinajstić information content (AvgIpc) is 3.72. The highest BCUT2D eigenvalue weighted by atomic mass is 19.1. The molecule has 0 spiro atoms. The van der Waals surface area contributed by atoms with Crippen molar-refractivity contribution >= 4 is 17.1 Å². The number of benzene rings is 2. The number of carbonyl (C=O) groups is 1. The second-order valence-corrected chi connectivity index (χ2v) is 9.39. The van der Waals surface area contributed by atoms with Gasteiger partial charge in [0.05, 0.1) is 23.5 Å². The number of nitrogens with one attached hydrogen (secondary N) is 2. The van der Waals surface area contributed by atoms with Crippen molar-refractivity contribution in [2.75, 3.05) is 0 Å². The lowest BCUT2D eigenvalue weighted by molar-refractivity contribution is 0.0947. The first-order valence-corrected chi connectivity index (χ1v) is 12.4. The molecule has 0 bridgehead atoms. The molecule has 3 aromatic heterocycles. The Morgan fingerprint density at radius 1 is 1.13 bits per heavy atom. The van der Waals surface area contributed by atoms with Crippen molar-refractivity contribution < 1.29 is 9.18 Å². The number of aromatic amines is 1. The summed E-state index contributed by atoms with van der Waals surface area (Å²) < 4.78 is 16.2. The van der Waals surface area contributed by atoms with Crippen LogP contribution in [-0.4, -0.2) is 35.6 Å². The fourth-order valence-electron chi connectivity index (χ4n) is 4.90. The summed E-state index contributed by atoms with van der Waals surface area (Å²) in [5.74, 6) is 0.394. The molecule has 6 rings (SSSR count). The SMILES string of the molecule is N#Cc1ccc(-n2cc(-c3cc(F)cc(CNC(=O)c4ncnc5nc(C6CCCC6)[nH]c45)c3)cn2)cc1. The summed E-state index contributed by atoms with van der Waals surface area (Å²) in [4.78, 5) is 29.3. The number of halogens is 1. The van der Waals surface area contributed by atoms with Crippen molar-refractivity contribution in [2.24, 2.45) is 0 Å². The summed E-state index contributed by atoms with van der Waals surface area (Å²) in [6.45, 7) is 0.114. The Labute approximate surface area is 217 Å². The number of carbonyl (C=O) groups excluding carboxylic acids is 1. The quantitative estimate of drug-likeness (QED) is 0.341. The van der Waals surface area contributed by atoms with Crippen molar-refractivity contribution in [1.29, 1.82) is 5.26 Å². The molecule has 0 aliphatic heterocycles. The zero-order chi connectivity index (χ0) is 26.1. The molecule has 1 aliphatic rings. The van der Waals surface area contributed by atoms with Crippen LogP contribution >= 0.6 is 0 Å². The van der Waals surface area contributed by atoms with Gasteiger partial charge in [0.15, 0.2) is 11.3 Å². The second-order valence-electron chi connectivity index (χ2n) is 9.39. The van der Waals surface area contributed by atoms with Crippen LogP contribution in [0.1, 0.15) is 59.0 Å². The molecule has 1 fully saturated rings. The fourth-order valence-corrected chi connectivity index (χ4v) is 4.90. The van der Waals surface area contributed by atoms with Gasteiger partial charge in [0.2, 0.25) is 0 Å². The number of imidazole rings is 1. The lowest BCUT2D eigenvalue weighted by atomic mass is 10.1. The van der Waals surface area contributed by atoms with Gasteiger partial charge in [-0.3, -0.25) is 4.79 Å². The highest BCUT2D eigenvalue weighted by Gasteiger charge is 2.23. The molecule has 188 valence electrons. The normalized spacial score (nSPS) is 13.6. The first-order chi connectivity index (χ1) is 18.6. The molecule has 3 heterocycles. The molecule has 1 aliphatic carbocycles. The Hall–Kier alpha value is -4.91. The number of aromatic nitrogens is 6. The largest absolute Gasteiger partial charge is 0.347 e. The lowest BCUT2D eigenvalue weighted by Crippen LogP contribution is -2.24. The predicted octanol–water partition coefficient (Wildman–Crippen LogP) is 4.80. The Balaban J connectivity index is 1.19. The molecule has 5 aromatic rings. The van der Waals surface area contributed by atoms with Gasteiger partial charge in [-0.2, -0.15) is 10.4 Å². The number of amides is 1. The highest BCUT2D eigenvalue weighted by molar-refractivity contribution is 6.02. The van der Waals surface area contributed by atoms with Gasteiger partial charge in [-0.05, 0) is 66.4 Å². The van der Waals surface area contributed by atoms with Crippen molar-refractivity contribution in [3.63, 3.8) is 0 Å². The molecule has 2 N–H and O–H groups in total. The van der Waals surface area contributed by atoms with Gasteiger partial charge in [-0.25, -0.2) is 24.0 Å². The van der Waals surface area contributed by atoms with E-state index in [1.165, 1.54) is 31.3 Å². The van der Waals surface area contributed by atoms with Crippen LogP contribution in [0.4, 0.5) is 4.39 Å². The van der Waals surface area contributed by atoms with Gasteiger partial charge in [0, 0.05) is 24.2 Å². The number of fused-ring (bicyclic) bond motifs is 1. The van der Waals surface area contributed by atoms with Gasteiger partial charge < -0.3 is 10.3 Å². The van der Waals surface area contributed by atoms with Crippen LogP contribution in [0.2, 0.25) is 0 Å². The summed E-state index contributed by atoms with van der Waals surface area (Å²) in [6.07, 6.45) is 9.26. The molecule has 1 amide bonds. The molecule has 38 heavy (non-hydrogen) atoms. The number of hydrogen-bond acceptors (Lipinski definition) is 6. The van der Waals surface area contributed by atoms with E-state index in [4.69, 9.17) is 5.26 Å². The van der Waals surface area contributed by atoms with E-state index in [9.17, 15) is 9.18 Å². The maximum absolute atomic E-state index is 14.5. The van der Waals surface area contributed by atoms with Crippen LogP contribution < -0.4 is 5.32 Å². The van der Waals surface area contributed by atoms with Gasteiger partial charge in [-0.1, -0.05) is 12.8 Å². The standard InChI is InChI=1S/C28H23FN8O/c29-22-10-18(9-20(11-22)21-14-34-37(15-21)23-7-5-17(12-30)6-8-23)13-31-28(38)25-24-27(33-16-32-25)36-26(35-24)19-3-1-2-4-19/h5-11,14-16,19H,1-4,13H2,(H,31,38)(H,32,33,35,36). The van der Waals surface area contributed by atoms with E-state index in [0.717, 1.165) is 29.9 Å². The summed E-state index contributed by atoms with van der Waals surface area (Å²) in [7, 11) is 0. The topological polar surface area (TPSA) is 125 Å². The molecule has 9 nitrogen and oxygen atoms in total. The molecule has 10 heteroatoms. The van der Waals surface area contributed by atoms with Gasteiger partial charge in [-0.15, -0.1) is 0 Å². The Morgan fingerprint density at radius 2 is 1.95 bits per heavy atom. The maximum Gasteiger partial charge on any atom is 0.272 e. The summed E-state index contributed by atoms with van der Waals surface area (Å²) in [5, 5.41) is 16.2. The van der Waals surface area contributed by atoms with E-state index >= 15 is 0 Å². The van der Waals surface area contributed by atoms with Crippen LogP contribution in [-0.2, 0) is 6.54 Å². The van der Waals surface area contributed by atoms with E-state index in [2.05, 4.69) is 36.4 Å². The van der Waals surface area contributed by atoms with Crippen molar-refractivity contribution in [3.8, 4) is 22.9 Å². The third-order valence-corrected chi connectivity index (χ3v) is 6.85. The molecule has 1 saturated carbocycles. The average molecular weight is 507 g/mol. The van der Waals surface area contributed by atoms with Crippen LogP contribution in [0.3, 0.4) is 0 Å². The van der Waals surface area contributed by atoms with Gasteiger partial charge in [0.1, 0.15) is 23.5 Å². The predicted molar refractivity (Wildman–Crippen MR) is 138 cm³/mol. The minimum Gasteiger partial charge on any atom is -0.347 e. The smallest absolute Gasteiger partial charge is 0.272 e. The number of H-pyrrole nitrogens is 1. The van der Waals surface area contributed by atoms with Crippen molar-refractivity contribution in [2.45, 2.75) is 38.1 Å². The van der Waals surface area contributed by atoms with Crippen molar-refractivity contribution in [3.05, 3.63) is 89.6 Å². The minimum absolute atomic E-state index is 0.114. The Bertz CT molecular complexity index is 1680. The summed E-state index contributed by atoms with van der Waals surface area (Å²) in [6, 6.07) is 13.7. The minimum atomic E-state index is -0.419. The van der Waals surface area contributed by atoms with E-state index in [-0.39, 0.29) is 12.2 Å². The van der Waals surface area contributed by atoms with E-state index in [1.807, 2.05) is 6.07 Å². The van der Waals surface area contributed by atoms with Gasteiger partial charge in [0.25, 0.3) is 5.91 Å². The summed E-state index contributed by atoms with van der Waals surface area (Å²) >= 11 is 0. The Morgan fingerprint density at radius 3 is 2.74 bits per heavy atom. The van der Waals surface area contributed by atoms with Crippen molar-refractivity contribution in [1.82, 2.24) is 35.0 Å². The molecule has 0 saturated heterocycles. The zero-order valence-corrected chi connectivity index (χ0v) is 20.4. The van der Waals surface area contributed by atoms with E-state index in [1.54, 1.807) is 41.3 Å². The van der Waals surface area contributed by atoms with E-state index in [0.29, 0.717) is 33.8 Å². The van der Waals surface area contributed by atoms with Crippen LogP contribution in [0.5, 0.6) is 0 Å².